The van der Waals surface area contributed by atoms with Gasteiger partial charge in [0.2, 0.25) is 0 Å². The summed E-state index contributed by atoms with van der Waals surface area (Å²) in [6.07, 6.45) is 12.2. The lowest BCUT2D eigenvalue weighted by molar-refractivity contribution is 0.100. The second kappa shape index (κ2) is 13.0. The highest BCUT2D eigenvalue weighted by molar-refractivity contribution is 5.94. The predicted molar refractivity (Wildman–Crippen MR) is 139 cm³/mol. The van der Waals surface area contributed by atoms with E-state index in [0.717, 1.165) is 42.6 Å². The zero-order valence-electron chi connectivity index (χ0n) is 20.5. The van der Waals surface area contributed by atoms with Crippen LogP contribution in [0.4, 0.5) is 11.4 Å². The lowest BCUT2D eigenvalue weighted by Crippen LogP contribution is -2.32. The van der Waals surface area contributed by atoms with Gasteiger partial charge in [0.1, 0.15) is 0 Å². The SMILES string of the molecule is CC(=O)c1ccc(N(N=O)C2CCCCC2)cc1.CC(=O)c1ccc(NC2CCCCC2)cc1. The van der Waals surface area contributed by atoms with Gasteiger partial charge >= 0.3 is 0 Å². The summed E-state index contributed by atoms with van der Waals surface area (Å²) in [5, 5.41) is 8.25. The maximum absolute atomic E-state index is 11.2. The van der Waals surface area contributed by atoms with E-state index in [4.69, 9.17) is 0 Å². The number of carbonyl (C=O) groups is 2. The second-order valence-corrected chi connectivity index (χ2v) is 9.43. The van der Waals surface area contributed by atoms with E-state index < -0.39 is 0 Å². The molecule has 6 heteroatoms. The van der Waals surface area contributed by atoms with Crippen molar-refractivity contribution in [3.05, 3.63) is 64.6 Å². The third-order valence-corrected chi connectivity index (χ3v) is 6.81. The van der Waals surface area contributed by atoms with E-state index in [0.29, 0.717) is 11.6 Å². The number of Topliss-reactive ketones (excluding diaryl/α,β-unsaturated/α-hetero) is 2. The number of anilines is 2. The molecule has 0 radical (unpaired) electrons. The van der Waals surface area contributed by atoms with E-state index in [-0.39, 0.29) is 17.6 Å². The Morgan fingerprint density at radius 2 is 1.21 bits per heavy atom. The third kappa shape index (κ3) is 7.51. The smallest absolute Gasteiger partial charge is 0.159 e. The molecule has 6 nitrogen and oxygen atoms in total. The minimum Gasteiger partial charge on any atom is -0.382 e. The van der Waals surface area contributed by atoms with Gasteiger partial charge in [-0.2, -0.15) is 0 Å². The van der Waals surface area contributed by atoms with E-state index in [2.05, 4.69) is 10.6 Å². The molecule has 0 heterocycles. The molecule has 0 aliphatic heterocycles. The Bertz CT molecular complexity index is 928. The van der Waals surface area contributed by atoms with Crippen LogP contribution < -0.4 is 10.3 Å². The van der Waals surface area contributed by atoms with E-state index in [9.17, 15) is 14.5 Å². The Hall–Kier alpha value is -3.02. The standard InChI is InChI=1S/C14H18N2O2.C14H19NO/c1-11(17)12-7-9-14(10-8-12)16(15-18)13-5-3-2-4-6-13;1-11(16)12-7-9-14(10-8-12)15-13-5-3-2-4-6-13/h7-10,13H,2-6H2,1H3;7-10,13,15H,2-6H2,1H3. The lowest BCUT2D eigenvalue weighted by Gasteiger charge is -2.29. The van der Waals surface area contributed by atoms with Crippen molar-refractivity contribution in [3.8, 4) is 0 Å². The van der Waals surface area contributed by atoms with Crippen LogP contribution >= 0.6 is 0 Å². The number of nitrogens with zero attached hydrogens (tertiary/aromatic N) is 2. The number of nitrogens with one attached hydrogen (secondary N) is 1. The summed E-state index contributed by atoms with van der Waals surface area (Å²) in [6, 6.07) is 15.7. The maximum Gasteiger partial charge on any atom is 0.159 e. The Kier molecular flexibility index (Phi) is 9.80. The molecule has 1 N–H and O–H groups in total. The Labute approximate surface area is 203 Å². The van der Waals surface area contributed by atoms with E-state index in [1.807, 2.05) is 24.3 Å². The van der Waals surface area contributed by atoms with Crippen LogP contribution in [-0.2, 0) is 0 Å². The molecule has 2 aliphatic rings. The van der Waals surface area contributed by atoms with Crippen LogP contribution in [0.15, 0.2) is 53.8 Å². The highest BCUT2D eigenvalue weighted by Crippen LogP contribution is 2.28. The van der Waals surface area contributed by atoms with Crippen molar-refractivity contribution in [3.63, 3.8) is 0 Å². The first-order chi connectivity index (χ1) is 16.5. The van der Waals surface area contributed by atoms with Crippen LogP contribution in [0.25, 0.3) is 0 Å². The molecule has 2 aromatic carbocycles. The van der Waals surface area contributed by atoms with Gasteiger partial charge in [-0.05, 0) is 88.1 Å². The molecule has 4 rings (SSSR count). The molecule has 0 saturated heterocycles. The molecule has 2 aliphatic carbocycles. The molecule has 0 atom stereocenters. The number of rotatable bonds is 7. The predicted octanol–water partition coefficient (Wildman–Crippen LogP) is 7.34. The zero-order valence-corrected chi connectivity index (χ0v) is 20.5. The molecule has 2 saturated carbocycles. The first-order valence-electron chi connectivity index (χ1n) is 12.6. The summed E-state index contributed by atoms with van der Waals surface area (Å²) >= 11 is 0. The molecule has 182 valence electrons. The van der Waals surface area contributed by atoms with E-state index in [1.165, 1.54) is 45.4 Å². The van der Waals surface area contributed by atoms with Gasteiger partial charge in [0.05, 0.1) is 17.0 Å². The number of nitroso groups, excluding NO2 is 1. The van der Waals surface area contributed by atoms with Crippen molar-refractivity contribution < 1.29 is 9.59 Å². The van der Waals surface area contributed by atoms with Crippen molar-refractivity contribution in [2.45, 2.75) is 90.1 Å². The minimum atomic E-state index is 0.0322. The van der Waals surface area contributed by atoms with Gasteiger partial charge in [-0.25, -0.2) is 5.01 Å². The summed E-state index contributed by atoms with van der Waals surface area (Å²) in [5.74, 6) is 0.161. The number of hydrogen-bond donors (Lipinski definition) is 1. The van der Waals surface area contributed by atoms with Crippen LogP contribution in [0.5, 0.6) is 0 Å². The molecule has 0 spiro atoms. The molecule has 0 amide bonds. The van der Waals surface area contributed by atoms with Crippen LogP contribution in [0.2, 0.25) is 0 Å². The van der Waals surface area contributed by atoms with E-state index in [1.54, 1.807) is 36.2 Å². The first-order valence-corrected chi connectivity index (χ1v) is 12.6. The average molecular weight is 464 g/mol. The summed E-state index contributed by atoms with van der Waals surface area (Å²) < 4.78 is 0. The number of ketones is 2. The number of carbonyl (C=O) groups excluding carboxylic acids is 2. The van der Waals surface area contributed by atoms with Gasteiger partial charge in [0, 0.05) is 22.9 Å². The fraction of sp³-hybridized carbons (Fsp3) is 0.500. The van der Waals surface area contributed by atoms with Gasteiger partial charge in [0.15, 0.2) is 11.6 Å². The van der Waals surface area contributed by atoms with Crippen molar-refractivity contribution in [2.75, 3.05) is 10.3 Å². The van der Waals surface area contributed by atoms with Crippen LogP contribution in [0.3, 0.4) is 0 Å². The number of benzene rings is 2. The first kappa shape index (κ1) is 25.6. The highest BCUT2D eigenvalue weighted by atomic mass is 16.3. The van der Waals surface area contributed by atoms with Crippen LogP contribution in [0.1, 0.15) is 98.8 Å². The van der Waals surface area contributed by atoms with E-state index >= 15 is 0 Å². The largest absolute Gasteiger partial charge is 0.382 e. The molecule has 0 aromatic heterocycles. The quantitative estimate of drug-likeness (QED) is 0.264. The average Bonchev–Trinajstić information content (AvgIpc) is 2.87. The van der Waals surface area contributed by atoms with Gasteiger partial charge < -0.3 is 5.32 Å². The van der Waals surface area contributed by atoms with Gasteiger partial charge in [-0.3, -0.25) is 9.59 Å². The molecule has 2 fully saturated rings. The zero-order chi connectivity index (χ0) is 24.3. The fourth-order valence-corrected chi connectivity index (χ4v) is 4.78. The highest BCUT2D eigenvalue weighted by Gasteiger charge is 2.22. The molecular formula is C28H37N3O3. The molecule has 2 aromatic rings. The Morgan fingerprint density at radius 3 is 1.68 bits per heavy atom. The summed E-state index contributed by atoms with van der Waals surface area (Å²) in [6.45, 7) is 3.13. The fourth-order valence-electron chi connectivity index (χ4n) is 4.78. The van der Waals surface area contributed by atoms with Gasteiger partial charge in [0.25, 0.3) is 0 Å². The van der Waals surface area contributed by atoms with Crippen molar-refractivity contribution in [1.29, 1.82) is 0 Å². The van der Waals surface area contributed by atoms with Crippen molar-refractivity contribution in [1.82, 2.24) is 0 Å². The Balaban J connectivity index is 0.000000192. The van der Waals surface area contributed by atoms with Crippen molar-refractivity contribution in [2.24, 2.45) is 5.29 Å². The van der Waals surface area contributed by atoms with Gasteiger partial charge in [-0.15, -0.1) is 4.91 Å². The molecule has 34 heavy (non-hydrogen) atoms. The lowest BCUT2D eigenvalue weighted by atomic mass is 9.95. The van der Waals surface area contributed by atoms with Crippen LogP contribution in [-0.4, -0.2) is 23.7 Å². The molecule has 0 unspecified atom stereocenters. The Morgan fingerprint density at radius 1 is 0.735 bits per heavy atom. The third-order valence-electron chi connectivity index (χ3n) is 6.81. The van der Waals surface area contributed by atoms with Crippen LogP contribution in [0, 0.1) is 4.91 Å². The molecular weight excluding hydrogens is 426 g/mol. The summed E-state index contributed by atoms with van der Waals surface area (Å²) in [7, 11) is 0. The normalized spacial score (nSPS) is 16.6. The molecule has 0 bridgehead atoms. The van der Waals surface area contributed by atoms with Crippen molar-refractivity contribution >= 4 is 22.9 Å². The summed E-state index contributed by atoms with van der Waals surface area (Å²) in [5.41, 5.74) is 3.36. The second-order valence-electron chi connectivity index (χ2n) is 9.43. The monoisotopic (exact) mass is 463 g/mol. The summed E-state index contributed by atoms with van der Waals surface area (Å²) in [4.78, 5) is 33.4. The minimum absolute atomic E-state index is 0.0322. The topological polar surface area (TPSA) is 78.8 Å². The number of hydrogen-bond acceptors (Lipinski definition) is 5. The maximum atomic E-state index is 11.2. The van der Waals surface area contributed by atoms with Gasteiger partial charge in [-0.1, -0.05) is 38.5 Å².